The van der Waals surface area contributed by atoms with Gasteiger partial charge in [-0.3, -0.25) is 9.88 Å². The number of morpholine rings is 1. The number of methoxy groups -OCH3 is 1. The van der Waals surface area contributed by atoms with Gasteiger partial charge in [0.05, 0.1) is 24.8 Å². The highest BCUT2D eigenvalue weighted by Gasteiger charge is 2.16. The minimum absolute atomic E-state index is 0.798. The topological polar surface area (TPSA) is 34.6 Å². The predicted octanol–water partition coefficient (Wildman–Crippen LogP) is 2.84. The van der Waals surface area contributed by atoms with Gasteiger partial charge in [0.15, 0.2) is 5.75 Å². The largest absolute Gasteiger partial charge is 0.493 e. The van der Waals surface area contributed by atoms with E-state index >= 15 is 0 Å². The number of benzene rings is 1. The van der Waals surface area contributed by atoms with Gasteiger partial charge < -0.3 is 9.47 Å². The number of ether oxygens (including phenoxy) is 2. The van der Waals surface area contributed by atoms with Gasteiger partial charge in [0, 0.05) is 31.2 Å². The average Bonchev–Trinajstić information content (AvgIpc) is 2.49. The molecule has 1 saturated heterocycles. The highest BCUT2D eigenvalue weighted by molar-refractivity contribution is 9.10. The number of hydrogen-bond donors (Lipinski definition) is 0. The van der Waals surface area contributed by atoms with E-state index in [4.69, 9.17) is 9.47 Å². The molecule has 1 aromatic carbocycles. The maximum Gasteiger partial charge on any atom is 0.159 e. The number of fused-ring (bicyclic) bond motifs is 1. The summed E-state index contributed by atoms with van der Waals surface area (Å²) in [4.78, 5) is 6.88. The van der Waals surface area contributed by atoms with Crippen LogP contribution in [0.5, 0.6) is 5.75 Å². The van der Waals surface area contributed by atoms with Crippen molar-refractivity contribution in [3.63, 3.8) is 0 Å². The van der Waals surface area contributed by atoms with E-state index in [9.17, 15) is 0 Å². The van der Waals surface area contributed by atoms with E-state index in [1.165, 1.54) is 5.56 Å². The van der Waals surface area contributed by atoms with Crippen LogP contribution >= 0.6 is 15.9 Å². The fourth-order valence-corrected chi connectivity index (χ4v) is 3.21. The number of nitrogens with zero attached hydrogens (tertiary/aromatic N) is 2. The molecule has 0 spiro atoms. The van der Waals surface area contributed by atoms with Gasteiger partial charge >= 0.3 is 0 Å². The molecule has 20 heavy (non-hydrogen) atoms. The quantitative estimate of drug-likeness (QED) is 0.863. The van der Waals surface area contributed by atoms with Crippen molar-refractivity contribution in [1.29, 1.82) is 0 Å². The van der Waals surface area contributed by atoms with Crippen LogP contribution < -0.4 is 4.74 Å². The third kappa shape index (κ3) is 2.66. The van der Waals surface area contributed by atoms with Crippen LogP contribution in [0.2, 0.25) is 0 Å². The summed E-state index contributed by atoms with van der Waals surface area (Å²) in [5.74, 6) is 0.798. The number of pyridine rings is 1. The molecule has 106 valence electrons. The third-order valence-corrected chi connectivity index (χ3v) is 4.18. The summed E-state index contributed by atoms with van der Waals surface area (Å²) in [6.45, 7) is 4.49. The number of halogens is 1. The minimum Gasteiger partial charge on any atom is -0.493 e. The second-order valence-electron chi connectivity index (χ2n) is 4.84. The number of hydrogen-bond acceptors (Lipinski definition) is 4. The minimum atomic E-state index is 0.798. The van der Waals surface area contributed by atoms with E-state index in [1.807, 2.05) is 6.07 Å². The molecular weight excluding hydrogens is 320 g/mol. The molecule has 0 atom stereocenters. The summed E-state index contributed by atoms with van der Waals surface area (Å²) in [5, 5.41) is 1.15. The van der Waals surface area contributed by atoms with Crippen LogP contribution in [0.4, 0.5) is 0 Å². The SMILES string of the molecule is COc1c(Br)cc(CN2CCOCC2)c2cccnc12. The first kappa shape index (κ1) is 13.8. The fraction of sp³-hybridized carbons (Fsp3) is 0.400. The molecule has 0 radical (unpaired) electrons. The summed E-state index contributed by atoms with van der Waals surface area (Å²) >= 11 is 3.59. The van der Waals surface area contributed by atoms with Gasteiger partial charge in [0.25, 0.3) is 0 Å². The molecule has 0 aliphatic carbocycles. The molecule has 1 aliphatic rings. The second kappa shape index (κ2) is 6.08. The van der Waals surface area contributed by atoms with Crippen LogP contribution in [0.1, 0.15) is 5.56 Å². The van der Waals surface area contributed by atoms with Crippen molar-refractivity contribution in [1.82, 2.24) is 9.88 Å². The van der Waals surface area contributed by atoms with E-state index in [0.29, 0.717) is 0 Å². The molecule has 5 heteroatoms. The molecule has 4 nitrogen and oxygen atoms in total. The molecule has 0 saturated carbocycles. The van der Waals surface area contributed by atoms with Crippen LogP contribution in [0.15, 0.2) is 28.9 Å². The van der Waals surface area contributed by atoms with E-state index in [2.05, 4.69) is 37.9 Å². The van der Waals surface area contributed by atoms with Crippen LogP contribution in [0.3, 0.4) is 0 Å². The molecular formula is C15H17BrN2O2. The number of rotatable bonds is 3. The first-order valence-corrected chi connectivity index (χ1v) is 7.49. The molecule has 1 aliphatic heterocycles. The van der Waals surface area contributed by atoms with E-state index < -0.39 is 0 Å². The Morgan fingerprint density at radius 2 is 2.20 bits per heavy atom. The highest BCUT2D eigenvalue weighted by atomic mass is 79.9. The first-order chi connectivity index (χ1) is 9.79. The van der Waals surface area contributed by atoms with Crippen molar-refractivity contribution >= 4 is 26.8 Å². The van der Waals surface area contributed by atoms with Gasteiger partial charge in [-0.2, -0.15) is 0 Å². The summed E-state index contributed by atoms with van der Waals surface area (Å²) < 4.78 is 11.8. The molecule has 0 N–H and O–H groups in total. The predicted molar refractivity (Wildman–Crippen MR) is 82.1 cm³/mol. The van der Waals surface area contributed by atoms with Crippen molar-refractivity contribution in [3.05, 3.63) is 34.4 Å². The average molecular weight is 337 g/mol. The van der Waals surface area contributed by atoms with E-state index in [0.717, 1.165) is 54.0 Å². The van der Waals surface area contributed by atoms with Crippen LogP contribution in [0.25, 0.3) is 10.9 Å². The molecule has 2 aromatic rings. The van der Waals surface area contributed by atoms with Gasteiger partial charge in [-0.05, 0) is 33.6 Å². The standard InChI is InChI=1S/C15H17BrN2O2/c1-19-15-13(16)9-11(10-18-5-7-20-8-6-18)12-3-2-4-17-14(12)15/h2-4,9H,5-8,10H2,1H3. The highest BCUT2D eigenvalue weighted by Crippen LogP contribution is 2.35. The van der Waals surface area contributed by atoms with Crippen molar-refractivity contribution in [2.24, 2.45) is 0 Å². The molecule has 0 amide bonds. The lowest BCUT2D eigenvalue weighted by atomic mass is 10.1. The first-order valence-electron chi connectivity index (χ1n) is 6.70. The summed E-state index contributed by atoms with van der Waals surface area (Å²) in [5.41, 5.74) is 2.18. The number of aromatic nitrogens is 1. The molecule has 2 heterocycles. The van der Waals surface area contributed by atoms with Gasteiger partial charge in [0.2, 0.25) is 0 Å². The Morgan fingerprint density at radius 3 is 2.95 bits per heavy atom. The summed E-state index contributed by atoms with van der Waals surface area (Å²) in [6, 6.07) is 6.21. The van der Waals surface area contributed by atoms with Crippen molar-refractivity contribution < 1.29 is 9.47 Å². The lowest BCUT2D eigenvalue weighted by Gasteiger charge is -2.27. The molecule has 1 fully saturated rings. The maximum absolute atomic E-state index is 5.46. The zero-order chi connectivity index (χ0) is 13.9. The van der Waals surface area contributed by atoms with Crippen molar-refractivity contribution in [2.45, 2.75) is 6.54 Å². The summed E-state index contributed by atoms with van der Waals surface area (Å²) in [6.07, 6.45) is 1.80. The van der Waals surface area contributed by atoms with Gasteiger partial charge in [-0.15, -0.1) is 0 Å². The van der Waals surface area contributed by atoms with Crippen molar-refractivity contribution in [2.75, 3.05) is 33.4 Å². The summed E-state index contributed by atoms with van der Waals surface area (Å²) in [7, 11) is 1.68. The lowest BCUT2D eigenvalue weighted by molar-refractivity contribution is 0.0343. The smallest absolute Gasteiger partial charge is 0.159 e. The zero-order valence-corrected chi connectivity index (χ0v) is 13.0. The van der Waals surface area contributed by atoms with Gasteiger partial charge in [0.1, 0.15) is 5.52 Å². The molecule has 1 aromatic heterocycles. The molecule has 0 bridgehead atoms. The normalized spacial score (nSPS) is 16.5. The van der Waals surface area contributed by atoms with E-state index in [-0.39, 0.29) is 0 Å². The second-order valence-corrected chi connectivity index (χ2v) is 5.69. The van der Waals surface area contributed by atoms with Crippen molar-refractivity contribution in [3.8, 4) is 5.75 Å². The Kier molecular flexibility index (Phi) is 4.19. The van der Waals surface area contributed by atoms with Gasteiger partial charge in [-0.1, -0.05) is 6.07 Å². The Hall–Kier alpha value is -1.17. The Balaban J connectivity index is 2.01. The Bertz CT molecular complexity index is 612. The molecule has 3 rings (SSSR count). The van der Waals surface area contributed by atoms with Gasteiger partial charge in [-0.25, -0.2) is 0 Å². The van der Waals surface area contributed by atoms with Crippen LogP contribution in [-0.4, -0.2) is 43.3 Å². The van der Waals surface area contributed by atoms with E-state index in [1.54, 1.807) is 13.3 Å². The Labute approximate surface area is 126 Å². The molecule has 0 unspecified atom stereocenters. The lowest BCUT2D eigenvalue weighted by Crippen LogP contribution is -2.35. The third-order valence-electron chi connectivity index (χ3n) is 3.59. The van der Waals surface area contributed by atoms with Crippen LogP contribution in [0, 0.1) is 0 Å². The monoisotopic (exact) mass is 336 g/mol. The fourth-order valence-electron chi connectivity index (χ4n) is 2.58. The maximum atomic E-state index is 5.46. The van der Waals surface area contributed by atoms with Crippen LogP contribution in [-0.2, 0) is 11.3 Å². The zero-order valence-electron chi connectivity index (χ0n) is 11.4. The Morgan fingerprint density at radius 1 is 1.40 bits per heavy atom.